The summed E-state index contributed by atoms with van der Waals surface area (Å²) >= 11 is 0. The van der Waals surface area contributed by atoms with Gasteiger partial charge >= 0.3 is 0 Å². The summed E-state index contributed by atoms with van der Waals surface area (Å²) < 4.78 is 1.96. The van der Waals surface area contributed by atoms with Gasteiger partial charge in [-0.1, -0.05) is 30.3 Å². The van der Waals surface area contributed by atoms with Crippen molar-refractivity contribution in [3.8, 4) is 11.5 Å². The summed E-state index contributed by atoms with van der Waals surface area (Å²) in [5, 5.41) is 9.95. The molecule has 3 heterocycles. The molecule has 0 atom stereocenters. The Labute approximate surface area is 180 Å². The third-order valence-electron chi connectivity index (χ3n) is 4.69. The molecule has 31 heavy (non-hydrogen) atoms. The van der Waals surface area contributed by atoms with Gasteiger partial charge in [-0.2, -0.15) is 0 Å². The molecular weight excluding hydrogens is 390 g/mol. The molecule has 4 rings (SSSR count). The molecule has 8 nitrogen and oxygen atoms in total. The second-order valence-electron chi connectivity index (χ2n) is 7.25. The Morgan fingerprint density at radius 1 is 1.03 bits per heavy atom. The minimum Gasteiger partial charge on any atom is -0.310 e. The topological polar surface area (TPSA) is 88.8 Å². The van der Waals surface area contributed by atoms with Gasteiger partial charge in [0, 0.05) is 17.8 Å². The normalized spacial score (nSPS) is 10.8. The van der Waals surface area contributed by atoms with Crippen LogP contribution in [0, 0.1) is 0 Å². The number of anilines is 1. The largest absolute Gasteiger partial charge is 0.310 e. The number of carbonyl (C=O) groups is 1. The number of benzene rings is 1. The fourth-order valence-corrected chi connectivity index (χ4v) is 3.11. The van der Waals surface area contributed by atoms with E-state index in [1.54, 1.807) is 29.7 Å². The Hall–Kier alpha value is -4.07. The maximum atomic E-state index is 12.8. The molecule has 1 amide bonds. The van der Waals surface area contributed by atoms with E-state index in [1.165, 1.54) is 0 Å². The molecule has 0 aliphatic heterocycles. The third-order valence-corrected chi connectivity index (χ3v) is 4.69. The first-order valence-electron chi connectivity index (χ1n) is 10.0. The van der Waals surface area contributed by atoms with Crippen molar-refractivity contribution < 1.29 is 4.79 Å². The zero-order valence-corrected chi connectivity index (χ0v) is 17.4. The maximum absolute atomic E-state index is 12.8. The van der Waals surface area contributed by atoms with E-state index in [9.17, 15) is 4.79 Å². The van der Waals surface area contributed by atoms with Crippen LogP contribution in [0.1, 0.15) is 35.9 Å². The zero-order chi connectivity index (χ0) is 21.6. The second kappa shape index (κ2) is 9.17. The number of aromatic nitrogens is 5. The van der Waals surface area contributed by atoms with Crippen LogP contribution in [0.5, 0.6) is 0 Å². The first kappa shape index (κ1) is 20.2. The summed E-state index contributed by atoms with van der Waals surface area (Å²) in [7, 11) is 0. The molecule has 0 bridgehead atoms. The lowest BCUT2D eigenvalue weighted by atomic mass is 10.2. The molecule has 0 spiro atoms. The van der Waals surface area contributed by atoms with Crippen LogP contribution >= 0.6 is 0 Å². The van der Waals surface area contributed by atoms with Crippen molar-refractivity contribution in [3.05, 3.63) is 90.5 Å². The lowest BCUT2D eigenvalue weighted by molar-refractivity contribution is 0.0947. The van der Waals surface area contributed by atoms with E-state index in [4.69, 9.17) is 4.98 Å². The van der Waals surface area contributed by atoms with Crippen LogP contribution < -0.4 is 10.4 Å². The van der Waals surface area contributed by atoms with Gasteiger partial charge in [-0.05, 0) is 50.2 Å². The van der Waals surface area contributed by atoms with Crippen molar-refractivity contribution in [3.63, 3.8) is 0 Å². The highest BCUT2D eigenvalue weighted by Crippen LogP contribution is 2.21. The molecule has 0 saturated heterocycles. The van der Waals surface area contributed by atoms with Gasteiger partial charge in [-0.3, -0.25) is 20.2 Å². The van der Waals surface area contributed by atoms with Crippen molar-refractivity contribution in [1.29, 1.82) is 0 Å². The zero-order valence-electron chi connectivity index (χ0n) is 17.4. The molecule has 0 saturated carbocycles. The standard InChI is InChI=1S/C23H23N7O/c1-17(2)29-16-25-27-22(29)20-12-8-13-21(26-20)30(15-19-11-6-7-14-24-19)28-23(31)18-9-4-3-5-10-18/h3-14,16-17H,15H2,1-2H3,(H,28,31). The average molecular weight is 413 g/mol. The number of rotatable bonds is 7. The molecule has 1 aromatic carbocycles. The molecule has 0 radical (unpaired) electrons. The van der Waals surface area contributed by atoms with Gasteiger partial charge in [-0.15, -0.1) is 10.2 Å². The number of hydrazine groups is 1. The highest BCUT2D eigenvalue weighted by atomic mass is 16.2. The first-order valence-corrected chi connectivity index (χ1v) is 10.0. The fraction of sp³-hybridized carbons (Fsp3) is 0.174. The molecule has 1 N–H and O–H groups in total. The number of pyridine rings is 2. The maximum Gasteiger partial charge on any atom is 0.269 e. The average Bonchev–Trinajstić information content (AvgIpc) is 3.30. The first-order chi connectivity index (χ1) is 15.1. The highest BCUT2D eigenvalue weighted by Gasteiger charge is 2.17. The summed E-state index contributed by atoms with van der Waals surface area (Å²) in [6.45, 7) is 4.47. The van der Waals surface area contributed by atoms with Gasteiger partial charge in [0.05, 0.1) is 12.2 Å². The predicted octanol–water partition coefficient (Wildman–Crippen LogP) is 3.67. The lowest BCUT2D eigenvalue weighted by Crippen LogP contribution is -2.42. The van der Waals surface area contributed by atoms with Gasteiger partial charge in [0.25, 0.3) is 5.91 Å². The van der Waals surface area contributed by atoms with Crippen molar-refractivity contribution in [2.24, 2.45) is 0 Å². The molecule has 0 fully saturated rings. The Morgan fingerprint density at radius 3 is 2.58 bits per heavy atom. The highest BCUT2D eigenvalue weighted by molar-refractivity contribution is 5.94. The summed E-state index contributed by atoms with van der Waals surface area (Å²) in [5.74, 6) is 1.02. The van der Waals surface area contributed by atoms with E-state index >= 15 is 0 Å². The van der Waals surface area contributed by atoms with Crippen molar-refractivity contribution >= 4 is 11.7 Å². The van der Waals surface area contributed by atoms with E-state index in [0.29, 0.717) is 29.4 Å². The summed E-state index contributed by atoms with van der Waals surface area (Å²) in [5.41, 5.74) is 4.99. The van der Waals surface area contributed by atoms with Crippen LogP contribution in [0.15, 0.2) is 79.3 Å². The number of nitrogens with one attached hydrogen (secondary N) is 1. The van der Waals surface area contributed by atoms with Crippen LogP contribution in [0.4, 0.5) is 5.82 Å². The molecule has 0 aliphatic carbocycles. The van der Waals surface area contributed by atoms with Crippen molar-refractivity contribution in [1.82, 2.24) is 30.2 Å². The molecule has 3 aromatic heterocycles. The molecule has 4 aromatic rings. The van der Waals surface area contributed by atoms with Gasteiger partial charge in [-0.25, -0.2) is 4.98 Å². The fourth-order valence-electron chi connectivity index (χ4n) is 3.11. The summed E-state index contributed by atoms with van der Waals surface area (Å²) in [4.78, 5) is 22.0. The van der Waals surface area contributed by atoms with Crippen molar-refractivity contribution in [2.45, 2.75) is 26.4 Å². The molecule has 0 aliphatic rings. The smallest absolute Gasteiger partial charge is 0.269 e. The molecular formula is C23H23N7O. The van der Waals surface area contributed by atoms with Gasteiger partial charge in [0.2, 0.25) is 0 Å². The minimum absolute atomic E-state index is 0.192. The number of amides is 1. The van der Waals surface area contributed by atoms with Gasteiger partial charge in [0.1, 0.15) is 17.8 Å². The van der Waals surface area contributed by atoms with E-state index in [1.807, 2.05) is 59.2 Å². The lowest BCUT2D eigenvalue weighted by Gasteiger charge is -2.24. The van der Waals surface area contributed by atoms with E-state index in [2.05, 4.69) is 34.5 Å². The minimum atomic E-state index is -0.228. The van der Waals surface area contributed by atoms with Crippen LogP contribution in [0.2, 0.25) is 0 Å². The molecule has 0 unspecified atom stereocenters. The number of nitrogens with zero attached hydrogens (tertiary/aromatic N) is 6. The predicted molar refractivity (Wildman–Crippen MR) is 118 cm³/mol. The van der Waals surface area contributed by atoms with E-state index in [0.717, 1.165) is 5.69 Å². The van der Waals surface area contributed by atoms with Crippen molar-refractivity contribution in [2.75, 3.05) is 5.01 Å². The Bertz CT molecular complexity index is 1140. The second-order valence-corrected chi connectivity index (χ2v) is 7.25. The third kappa shape index (κ3) is 4.75. The molecule has 156 valence electrons. The van der Waals surface area contributed by atoms with Crippen LogP contribution in [-0.4, -0.2) is 30.6 Å². The van der Waals surface area contributed by atoms with E-state index < -0.39 is 0 Å². The van der Waals surface area contributed by atoms with Gasteiger partial charge < -0.3 is 4.57 Å². The summed E-state index contributed by atoms with van der Waals surface area (Å²) in [6, 6.07) is 20.5. The van der Waals surface area contributed by atoms with Crippen LogP contribution in [0.25, 0.3) is 11.5 Å². The number of hydrogen-bond acceptors (Lipinski definition) is 6. The Kier molecular flexibility index (Phi) is 5.98. The van der Waals surface area contributed by atoms with Crippen LogP contribution in [-0.2, 0) is 6.54 Å². The number of hydrogen-bond donors (Lipinski definition) is 1. The Balaban J connectivity index is 1.68. The SMILES string of the molecule is CC(C)n1cnnc1-c1cccc(N(Cc2ccccn2)NC(=O)c2ccccc2)n1. The number of carbonyl (C=O) groups excluding carboxylic acids is 1. The molecule has 8 heteroatoms. The monoisotopic (exact) mass is 413 g/mol. The van der Waals surface area contributed by atoms with E-state index in [-0.39, 0.29) is 11.9 Å². The Morgan fingerprint density at radius 2 is 1.84 bits per heavy atom. The quantitative estimate of drug-likeness (QED) is 0.465. The summed E-state index contributed by atoms with van der Waals surface area (Å²) in [6.07, 6.45) is 3.42. The van der Waals surface area contributed by atoms with Crippen LogP contribution in [0.3, 0.4) is 0 Å². The van der Waals surface area contributed by atoms with Gasteiger partial charge in [0.15, 0.2) is 5.82 Å².